The van der Waals surface area contributed by atoms with E-state index < -0.39 is 5.82 Å². The fraction of sp³-hybridized carbons (Fsp3) is 0.143. The van der Waals surface area contributed by atoms with Gasteiger partial charge >= 0.3 is 0 Å². The Morgan fingerprint density at radius 2 is 1.88 bits per heavy atom. The van der Waals surface area contributed by atoms with E-state index in [9.17, 15) is 0 Å². The molecule has 34 heavy (non-hydrogen) atoms. The summed E-state index contributed by atoms with van der Waals surface area (Å²) in [5, 5.41) is 7.62. The SMILES string of the molecule is C=CC(C=C)=C(/C=C(\C)N(C)c1cc(-c2ccnn2Cc2ccccc2)cc(F)c1N=C)NC. The fourth-order valence-electron chi connectivity index (χ4n) is 3.70. The molecular formula is C28H30FN5. The summed E-state index contributed by atoms with van der Waals surface area (Å²) in [6, 6.07) is 15.3. The molecule has 0 unspecified atom stereocenters. The fourth-order valence-corrected chi connectivity index (χ4v) is 3.70. The zero-order chi connectivity index (χ0) is 24.7. The van der Waals surface area contributed by atoms with Crippen LogP contribution in [0, 0.1) is 5.82 Å². The Balaban J connectivity index is 2.07. The molecule has 1 aromatic heterocycles. The maximum absolute atomic E-state index is 15.2. The second-order valence-electron chi connectivity index (χ2n) is 7.72. The van der Waals surface area contributed by atoms with Gasteiger partial charge in [0, 0.05) is 37.2 Å². The highest BCUT2D eigenvalue weighted by Gasteiger charge is 2.18. The number of aliphatic imine (C=N–C) groups is 1. The van der Waals surface area contributed by atoms with E-state index in [1.54, 1.807) is 18.3 Å². The minimum atomic E-state index is -0.447. The van der Waals surface area contributed by atoms with Gasteiger partial charge in [-0.3, -0.25) is 9.67 Å². The standard InChI is InChI=1S/C28H30FN5/c1-7-22(8-2)25(30-4)16-20(3)33(6)27-18-23(17-24(29)28(27)31-5)26-14-15-32-34(26)19-21-12-10-9-11-13-21/h7-18,30H,1-2,5,19H2,3-4,6H3/b20-16+. The predicted molar refractivity (Wildman–Crippen MR) is 141 cm³/mol. The molecular weight excluding hydrogens is 425 g/mol. The van der Waals surface area contributed by atoms with Gasteiger partial charge in [-0.1, -0.05) is 55.6 Å². The van der Waals surface area contributed by atoms with E-state index in [4.69, 9.17) is 0 Å². The van der Waals surface area contributed by atoms with Crippen LogP contribution in [0.5, 0.6) is 0 Å². The largest absolute Gasteiger partial charge is 0.388 e. The lowest BCUT2D eigenvalue weighted by molar-refractivity contribution is 0.629. The van der Waals surface area contributed by atoms with E-state index in [1.165, 1.54) is 6.07 Å². The number of likely N-dealkylation sites (N-methyl/N-ethyl adjacent to an activating group) is 1. The van der Waals surface area contributed by atoms with E-state index in [0.717, 1.165) is 28.2 Å². The van der Waals surface area contributed by atoms with Crippen molar-refractivity contribution in [1.82, 2.24) is 15.1 Å². The molecule has 0 aliphatic heterocycles. The average Bonchev–Trinajstić information content (AvgIpc) is 3.31. The van der Waals surface area contributed by atoms with Crippen LogP contribution in [0.3, 0.4) is 0 Å². The van der Waals surface area contributed by atoms with Gasteiger partial charge in [-0.05, 0) is 49.1 Å². The van der Waals surface area contributed by atoms with E-state index in [1.807, 2.05) is 79.1 Å². The van der Waals surface area contributed by atoms with Crippen molar-refractivity contribution in [3.63, 3.8) is 0 Å². The Morgan fingerprint density at radius 1 is 1.18 bits per heavy atom. The number of nitrogens with one attached hydrogen (secondary N) is 1. The number of hydrogen-bond donors (Lipinski definition) is 1. The molecule has 0 spiro atoms. The van der Waals surface area contributed by atoms with Gasteiger partial charge in [0.05, 0.1) is 17.9 Å². The molecule has 0 bridgehead atoms. The molecule has 5 nitrogen and oxygen atoms in total. The van der Waals surface area contributed by atoms with Crippen LogP contribution in [-0.2, 0) is 6.54 Å². The van der Waals surface area contributed by atoms with Crippen molar-refractivity contribution in [3.05, 3.63) is 114 Å². The Kier molecular flexibility index (Phi) is 7.98. The molecule has 3 rings (SSSR count). The molecule has 0 fully saturated rings. The number of benzene rings is 2. The van der Waals surface area contributed by atoms with Gasteiger partial charge in [0.15, 0.2) is 5.82 Å². The zero-order valence-corrected chi connectivity index (χ0v) is 19.9. The number of halogens is 1. The van der Waals surface area contributed by atoms with Crippen LogP contribution in [0.15, 0.2) is 108 Å². The van der Waals surface area contributed by atoms with E-state index >= 15 is 4.39 Å². The first-order valence-corrected chi connectivity index (χ1v) is 10.9. The number of anilines is 1. The molecule has 0 aliphatic rings. The van der Waals surface area contributed by atoms with Gasteiger partial charge in [0.25, 0.3) is 0 Å². The van der Waals surface area contributed by atoms with Crippen LogP contribution in [0.2, 0.25) is 0 Å². The molecule has 1 heterocycles. The van der Waals surface area contributed by atoms with Gasteiger partial charge in [-0.25, -0.2) is 4.39 Å². The number of nitrogens with zero attached hydrogens (tertiary/aromatic N) is 4. The van der Waals surface area contributed by atoms with Crippen molar-refractivity contribution >= 4 is 18.1 Å². The third kappa shape index (κ3) is 5.23. The molecule has 1 N–H and O–H groups in total. The Labute approximate surface area is 201 Å². The van der Waals surface area contributed by atoms with Crippen LogP contribution in [0.4, 0.5) is 15.8 Å². The molecule has 0 atom stereocenters. The predicted octanol–water partition coefficient (Wildman–Crippen LogP) is 6.26. The second kappa shape index (κ2) is 11.1. The van der Waals surface area contributed by atoms with Crippen LogP contribution >= 0.6 is 0 Å². The summed E-state index contributed by atoms with van der Waals surface area (Å²) in [5.41, 5.74) is 5.99. The van der Waals surface area contributed by atoms with E-state index in [2.05, 4.69) is 35.3 Å². The first-order chi connectivity index (χ1) is 16.4. The lowest BCUT2D eigenvalue weighted by Crippen LogP contribution is -2.17. The van der Waals surface area contributed by atoms with Crippen molar-refractivity contribution < 1.29 is 4.39 Å². The summed E-state index contributed by atoms with van der Waals surface area (Å²) >= 11 is 0. The van der Waals surface area contributed by atoms with Crippen molar-refractivity contribution in [1.29, 1.82) is 0 Å². The summed E-state index contributed by atoms with van der Waals surface area (Å²) in [7, 11) is 3.70. The van der Waals surface area contributed by atoms with Gasteiger partial charge in [-0.15, -0.1) is 0 Å². The third-order valence-corrected chi connectivity index (χ3v) is 5.65. The number of allylic oxidation sites excluding steroid dienone is 5. The molecule has 0 saturated carbocycles. The van der Waals surface area contributed by atoms with Gasteiger partial charge < -0.3 is 10.2 Å². The highest BCUT2D eigenvalue weighted by Crippen LogP contribution is 2.37. The Morgan fingerprint density at radius 3 is 2.50 bits per heavy atom. The maximum Gasteiger partial charge on any atom is 0.151 e. The Hall–Kier alpha value is -4.19. The molecule has 174 valence electrons. The van der Waals surface area contributed by atoms with Crippen LogP contribution in [0.1, 0.15) is 12.5 Å². The summed E-state index contributed by atoms with van der Waals surface area (Å²) < 4.78 is 17.1. The van der Waals surface area contributed by atoms with E-state index in [-0.39, 0.29) is 5.69 Å². The summed E-state index contributed by atoms with van der Waals surface area (Å²) in [4.78, 5) is 5.86. The lowest BCUT2D eigenvalue weighted by atomic mass is 10.1. The summed E-state index contributed by atoms with van der Waals surface area (Å²) in [6.45, 7) is 13.8. The second-order valence-corrected chi connectivity index (χ2v) is 7.72. The highest BCUT2D eigenvalue weighted by atomic mass is 19.1. The summed E-state index contributed by atoms with van der Waals surface area (Å²) in [6.07, 6.45) is 7.14. The van der Waals surface area contributed by atoms with Gasteiger partial charge in [-0.2, -0.15) is 5.10 Å². The molecule has 0 radical (unpaired) electrons. The van der Waals surface area contributed by atoms with Gasteiger partial charge in [0.1, 0.15) is 5.69 Å². The molecule has 0 aliphatic carbocycles. The van der Waals surface area contributed by atoms with Crippen LogP contribution in [-0.4, -0.2) is 30.6 Å². The lowest BCUT2D eigenvalue weighted by Gasteiger charge is -2.24. The van der Waals surface area contributed by atoms with E-state index in [0.29, 0.717) is 17.8 Å². The van der Waals surface area contributed by atoms with Crippen molar-refractivity contribution in [3.8, 4) is 11.3 Å². The van der Waals surface area contributed by atoms with Gasteiger partial charge in [0.2, 0.25) is 0 Å². The molecule has 2 aromatic carbocycles. The molecule has 6 heteroatoms. The molecule has 0 saturated heterocycles. The third-order valence-electron chi connectivity index (χ3n) is 5.65. The average molecular weight is 456 g/mol. The van der Waals surface area contributed by atoms with Crippen molar-refractivity contribution in [2.24, 2.45) is 4.99 Å². The number of aromatic nitrogens is 2. The van der Waals surface area contributed by atoms with Crippen LogP contribution < -0.4 is 10.2 Å². The normalized spacial score (nSPS) is 11.0. The minimum absolute atomic E-state index is 0.191. The first-order valence-electron chi connectivity index (χ1n) is 10.9. The number of hydrogen-bond acceptors (Lipinski definition) is 4. The number of rotatable bonds is 10. The van der Waals surface area contributed by atoms with Crippen molar-refractivity contribution in [2.75, 3.05) is 19.0 Å². The first kappa shape index (κ1) is 24.5. The summed E-state index contributed by atoms with van der Waals surface area (Å²) in [5.74, 6) is -0.447. The highest BCUT2D eigenvalue weighted by molar-refractivity contribution is 5.78. The topological polar surface area (TPSA) is 45.5 Å². The minimum Gasteiger partial charge on any atom is -0.388 e. The monoisotopic (exact) mass is 455 g/mol. The molecule has 3 aromatic rings. The Bertz CT molecular complexity index is 1240. The van der Waals surface area contributed by atoms with Crippen LogP contribution in [0.25, 0.3) is 11.3 Å². The zero-order valence-electron chi connectivity index (χ0n) is 19.9. The smallest absolute Gasteiger partial charge is 0.151 e. The van der Waals surface area contributed by atoms with Crippen molar-refractivity contribution in [2.45, 2.75) is 13.5 Å². The molecule has 0 amide bonds. The maximum atomic E-state index is 15.2. The quantitative estimate of drug-likeness (QED) is 0.290.